The number of benzene rings is 1. The number of anilines is 2. The molecule has 20 heavy (non-hydrogen) atoms. The number of ketones is 1. The van der Waals surface area contributed by atoms with Gasteiger partial charge in [-0.3, -0.25) is 4.79 Å². The Bertz CT molecular complexity index is 681. The molecule has 0 unspecified atom stereocenters. The van der Waals surface area contributed by atoms with Crippen LogP contribution in [-0.4, -0.2) is 10.8 Å². The zero-order valence-corrected chi connectivity index (χ0v) is 11.6. The second kappa shape index (κ2) is 4.96. The lowest BCUT2D eigenvalue weighted by Crippen LogP contribution is -1.95. The van der Waals surface area contributed by atoms with E-state index in [1.54, 1.807) is 19.1 Å². The molecule has 1 aliphatic carbocycles. The van der Waals surface area contributed by atoms with Gasteiger partial charge in [-0.1, -0.05) is 6.08 Å². The van der Waals surface area contributed by atoms with Crippen molar-refractivity contribution < 1.29 is 9.21 Å². The summed E-state index contributed by atoms with van der Waals surface area (Å²) in [5.74, 6) is 0.997. The van der Waals surface area contributed by atoms with Gasteiger partial charge in [0.25, 0.3) is 6.01 Å². The molecule has 0 atom stereocenters. The number of fused-ring (bicyclic) bond motifs is 1. The molecule has 102 valence electrons. The standard InChI is InChI=1S/C16H16N2O2/c1-10-4-3-5-14-15(10)18-16(20-14)17-13-8-6-12(7-9-13)11(2)19/h4,6-9H,3,5H2,1-2H3,(H,17,18). The maximum Gasteiger partial charge on any atom is 0.299 e. The van der Waals surface area contributed by atoms with E-state index in [9.17, 15) is 4.79 Å². The van der Waals surface area contributed by atoms with Crippen molar-refractivity contribution >= 4 is 23.1 Å². The third kappa shape index (κ3) is 2.37. The molecule has 4 nitrogen and oxygen atoms in total. The molecule has 0 spiro atoms. The summed E-state index contributed by atoms with van der Waals surface area (Å²) >= 11 is 0. The Balaban J connectivity index is 1.81. The Morgan fingerprint density at radius 2 is 2.05 bits per heavy atom. The fraction of sp³-hybridized carbons (Fsp3) is 0.250. The first-order valence-electron chi connectivity index (χ1n) is 6.68. The summed E-state index contributed by atoms with van der Waals surface area (Å²) in [5.41, 5.74) is 3.66. The van der Waals surface area contributed by atoms with Gasteiger partial charge in [0.2, 0.25) is 0 Å². The van der Waals surface area contributed by atoms with Gasteiger partial charge in [-0.25, -0.2) is 0 Å². The Kier molecular flexibility index (Phi) is 3.14. The quantitative estimate of drug-likeness (QED) is 0.856. The highest BCUT2D eigenvalue weighted by molar-refractivity contribution is 5.94. The highest BCUT2D eigenvalue weighted by Crippen LogP contribution is 2.29. The smallest absolute Gasteiger partial charge is 0.299 e. The van der Waals surface area contributed by atoms with E-state index in [4.69, 9.17) is 4.42 Å². The van der Waals surface area contributed by atoms with Crippen LogP contribution in [0.3, 0.4) is 0 Å². The number of nitrogens with zero attached hydrogens (tertiary/aromatic N) is 1. The number of hydrogen-bond donors (Lipinski definition) is 1. The lowest BCUT2D eigenvalue weighted by Gasteiger charge is -2.04. The van der Waals surface area contributed by atoms with Crippen LogP contribution in [0.25, 0.3) is 5.57 Å². The monoisotopic (exact) mass is 268 g/mol. The number of nitrogens with one attached hydrogen (secondary N) is 1. The second-order valence-corrected chi connectivity index (χ2v) is 4.98. The van der Waals surface area contributed by atoms with E-state index in [-0.39, 0.29) is 5.78 Å². The van der Waals surface area contributed by atoms with Crippen LogP contribution in [0.5, 0.6) is 0 Å². The van der Waals surface area contributed by atoms with Crippen molar-refractivity contribution in [1.29, 1.82) is 0 Å². The van der Waals surface area contributed by atoms with Crippen LogP contribution in [0.15, 0.2) is 34.8 Å². The Hall–Kier alpha value is -2.36. The average Bonchev–Trinajstić information content (AvgIpc) is 2.83. The molecule has 1 aromatic heterocycles. The van der Waals surface area contributed by atoms with Crippen LogP contribution < -0.4 is 5.32 Å². The normalized spacial score (nSPS) is 13.6. The molecule has 2 aromatic rings. The number of Topliss-reactive ketones (excluding diaryl/α,β-unsaturated/α-hetero) is 1. The number of allylic oxidation sites excluding steroid dienone is 2. The molecule has 0 aliphatic heterocycles. The summed E-state index contributed by atoms with van der Waals surface area (Å²) in [6.07, 6.45) is 4.07. The zero-order chi connectivity index (χ0) is 14.1. The molecule has 1 aliphatic rings. The maximum atomic E-state index is 11.2. The maximum absolute atomic E-state index is 11.2. The van der Waals surface area contributed by atoms with Crippen LogP contribution in [0.1, 0.15) is 42.1 Å². The number of aromatic nitrogens is 1. The van der Waals surface area contributed by atoms with Crippen LogP contribution in [0.2, 0.25) is 0 Å². The molecule has 4 heteroatoms. The first kappa shape index (κ1) is 12.7. The largest absolute Gasteiger partial charge is 0.428 e. The van der Waals surface area contributed by atoms with E-state index in [0.29, 0.717) is 11.6 Å². The van der Waals surface area contributed by atoms with Crippen LogP contribution in [-0.2, 0) is 6.42 Å². The van der Waals surface area contributed by atoms with Gasteiger partial charge in [-0.2, -0.15) is 4.98 Å². The van der Waals surface area contributed by atoms with Gasteiger partial charge in [-0.05, 0) is 50.1 Å². The predicted molar refractivity (Wildman–Crippen MR) is 78.2 cm³/mol. The molecule has 0 saturated carbocycles. The van der Waals surface area contributed by atoms with E-state index >= 15 is 0 Å². The molecular formula is C16H16N2O2. The van der Waals surface area contributed by atoms with E-state index in [0.717, 1.165) is 35.6 Å². The van der Waals surface area contributed by atoms with E-state index in [1.807, 2.05) is 19.1 Å². The molecule has 0 radical (unpaired) electrons. The van der Waals surface area contributed by atoms with Gasteiger partial charge in [-0.15, -0.1) is 0 Å². The Morgan fingerprint density at radius 1 is 1.30 bits per heavy atom. The number of hydrogen-bond acceptors (Lipinski definition) is 4. The van der Waals surface area contributed by atoms with E-state index in [2.05, 4.69) is 16.4 Å². The first-order chi connectivity index (χ1) is 9.63. The van der Waals surface area contributed by atoms with Crippen molar-refractivity contribution in [2.45, 2.75) is 26.7 Å². The summed E-state index contributed by atoms with van der Waals surface area (Å²) in [6.45, 7) is 3.60. The summed E-state index contributed by atoms with van der Waals surface area (Å²) in [4.78, 5) is 15.7. The summed E-state index contributed by atoms with van der Waals surface area (Å²) in [5, 5.41) is 3.13. The summed E-state index contributed by atoms with van der Waals surface area (Å²) in [7, 11) is 0. The van der Waals surface area contributed by atoms with Gasteiger partial charge in [0.1, 0.15) is 11.5 Å². The number of aryl methyl sites for hydroxylation is 1. The predicted octanol–water partition coefficient (Wildman–Crippen LogP) is 3.97. The summed E-state index contributed by atoms with van der Waals surface area (Å²) in [6, 6.07) is 7.78. The minimum absolute atomic E-state index is 0.0592. The Labute approximate surface area is 117 Å². The molecule has 1 aromatic carbocycles. The third-order valence-corrected chi connectivity index (χ3v) is 3.44. The lowest BCUT2D eigenvalue weighted by atomic mass is 10.0. The van der Waals surface area contributed by atoms with Crippen molar-refractivity contribution in [2.75, 3.05) is 5.32 Å². The summed E-state index contributed by atoms with van der Waals surface area (Å²) < 4.78 is 5.73. The van der Waals surface area contributed by atoms with Crippen molar-refractivity contribution in [3.8, 4) is 0 Å². The highest BCUT2D eigenvalue weighted by Gasteiger charge is 2.17. The van der Waals surface area contributed by atoms with Crippen molar-refractivity contribution in [3.63, 3.8) is 0 Å². The number of oxazole rings is 1. The molecule has 0 fully saturated rings. The van der Waals surface area contributed by atoms with Gasteiger partial charge in [0.15, 0.2) is 5.78 Å². The number of rotatable bonds is 3. The van der Waals surface area contributed by atoms with Gasteiger partial charge in [0, 0.05) is 17.7 Å². The van der Waals surface area contributed by atoms with Crippen molar-refractivity contribution in [3.05, 3.63) is 47.4 Å². The molecular weight excluding hydrogens is 252 g/mol. The molecule has 0 bridgehead atoms. The average molecular weight is 268 g/mol. The minimum atomic E-state index is 0.0592. The second-order valence-electron chi connectivity index (χ2n) is 4.98. The van der Waals surface area contributed by atoms with Crippen LogP contribution in [0.4, 0.5) is 11.7 Å². The van der Waals surface area contributed by atoms with Crippen LogP contribution >= 0.6 is 0 Å². The third-order valence-electron chi connectivity index (χ3n) is 3.44. The zero-order valence-electron chi connectivity index (χ0n) is 11.6. The molecule has 3 rings (SSSR count). The fourth-order valence-electron chi connectivity index (χ4n) is 2.31. The number of carbonyl (C=O) groups excluding carboxylic acids is 1. The van der Waals surface area contributed by atoms with Gasteiger partial charge in [0.05, 0.1) is 0 Å². The van der Waals surface area contributed by atoms with E-state index < -0.39 is 0 Å². The SMILES string of the molecule is CC(=O)c1ccc(Nc2nc3c(o2)CCC=C3C)cc1. The fourth-order valence-corrected chi connectivity index (χ4v) is 2.31. The minimum Gasteiger partial charge on any atom is -0.428 e. The Morgan fingerprint density at radius 3 is 2.70 bits per heavy atom. The molecule has 1 N–H and O–H groups in total. The lowest BCUT2D eigenvalue weighted by molar-refractivity contribution is 0.101. The molecule has 0 saturated heterocycles. The topological polar surface area (TPSA) is 55.1 Å². The van der Waals surface area contributed by atoms with E-state index in [1.165, 1.54) is 0 Å². The molecule has 0 amide bonds. The first-order valence-corrected chi connectivity index (χ1v) is 6.68. The van der Waals surface area contributed by atoms with Gasteiger partial charge < -0.3 is 9.73 Å². The van der Waals surface area contributed by atoms with Crippen molar-refractivity contribution in [2.24, 2.45) is 0 Å². The van der Waals surface area contributed by atoms with Crippen LogP contribution in [0, 0.1) is 0 Å². The number of carbonyl (C=O) groups is 1. The van der Waals surface area contributed by atoms with Gasteiger partial charge >= 0.3 is 0 Å². The highest BCUT2D eigenvalue weighted by atomic mass is 16.4. The molecule has 1 heterocycles. The van der Waals surface area contributed by atoms with Crippen molar-refractivity contribution in [1.82, 2.24) is 4.98 Å².